The third-order valence-corrected chi connectivity index (χ3v) is 3.69. The van der Waals surface area contributed by atoms with Gasteiger partial charge >= 0.3 is 12.6 Å². The zero-order valence-corrected chi connectivity index (χ0v) is 15.2. The summed E-state index contributed by atoms with van der Waals surface area (Å²) >= 11 is 0. The summed E-state index contributed by atoms with van der Waals surface area (Å²) < 4.78 is 40.0. The van der Waals surface area contributed by atoms with E-state index in [0.717, 1.165) is 5.56 Å². The van der Waals surface area contributed by atoms with E-state index >= 15 is 0 Å². The van der Waals surface area contributed by atoms with Crippen molar-refractivity contribution in [3.05, 3.63) is 53.6 Å². The molecule has 0 saturated heterocycles. The lowest BCUT2D eigenvalue weighted by Crippen LogP contribution is -2.27. The number of rotatable bonds is 9. The van der Waals surface area contributed by atoms with E-state index in [2.05, 4.69) is 4.74 Å². The molecule has 0 bridgehead atoms. The van der Waals surface area contributed by atoms with Gasteiger partial charge in [-0.1, -0.05) is 18.2 Å². The molecule has 2 aromatic carbocycles. The number of para-hydroxylation sites is 1. The molecule has 2 rings (SSSR count). The highest BCUT2D eigenvalue weighted by molar-refractivity contribution is 5.97. The number of hydrogen-bond acceptors (Lipinski definition) is 5. The van der Waals surface area contributed by atoms with Gasteiger partial charge in [0.15, 0.2) is 18.1 Å². The summed E-state index contributed by atoms with van der Waals surface area (Å²) in [4.78, 5) is 24.6. The number of carboxylic acids is 1. The van der Waals surface area contributed by atoms with Crippen LogP contribution in [0, 0.1) is 0 Å². The molecule has 0 aliphatic rings. The largest absolute Gasteiger partial charge is 0.493 e. The molecule has 1 N–H and O–H groups in total. The lowest BCUT2D eigenvalue weighted by molar-refractivity contribution is -0.139. The summed E-state index contributed by atoms with van der Waals surface area (Å²) in [6, 6.07) is 10.8. The van der Waals surface area contributed by atoms with Gasteiger partial charge in [-0.25, -0.2) is 4.79 Å². The molecule has 2 aromatic rings. The molecule has 0 aliphatic heterocycles. The normalized spacial score (nSPS) is 10.5. The van der Waals surface area contributed by atoms with Gasteiger partial charge in [0, 0.05) is 13.6 Å². The Kier molecular flexibility index (Phi) is 7.14. The molecule has 0 radical (unpaired) electrons. The number of carbonyl (C=O) groups is 2. The van der Waals surface area contributed by atoms with Gasteiger partial charge in [-0.2, -0.15) is 8.78 Å². The number of nitrogens with zero attached hydrogens (tertiary/aromatic N) is 1. The smallest absolute Gasteiger partial charge is 0.387 e. The second-order valence-corrected chi connectivity index (χ2v) is 5.70. The van der Waals surface area contributed by atoms with Crippen molar-refractivity contribution in [3.8, 4) is 17.2 Å². The SMILES string of the molecule is COc1cccc(C(=O)N(C)Cc2ccc(OCC(=O)O)cc2)c1OC(F)F. The minimum atomic E-state index is -3.11. The maximum atomic E-state index is 12.7. The van der Waals surface area contributed by atoms with Crippen molar-refractivity contribution in [1.82, 2.24) is 4.90 Å². The Morgan fingerprint density at radius 3 is 2.39 bits per heavy atom. The van der Waals surface area contributed by atoms with Crippen LogP contribution in [0.4, 0.5) is 8.78 Å². The van der Waals surface area contributed by atoms with Gasteiger partial charge in [0.05, 0.1) is 12.7 Å². The molecule has 1 amide bonds. The fourth-order valence-corrected chi connectivity index (χ4v) is 2.44. The monoisotopic (exact) mass is 395 g/mol. The molecule has 0 spiro atoms. The lowest BCUT2D eigenvalue weighted by Gasteiger charge is -2.20. The second-order valence-electron chi connectivity index (χ2n) is 5.70. The van der Waals surface area contributed by atoms with Crippen molar-refractivity contribution in [3.63, 3.8) is 0 Å². The minimum Gasteiger partial charge on any atom is -0.493 e. The fourth-order valence-electron chi connectivity index (χ4n) is 2.44. The van der Waals surface area contributed by atoms with Crippen LogP contribution in [0.5, 0.6) is 17.2 Å². The average Bonchev–Trinajstić information content (AvgIpc) is 2.66. The van der Waals surface area contributed by atoms with E-state index in [4.69, 9.17) is 14.6 Å². The zero-order chi connectivity index (χ0) is 20.7. The number of ether oxygens (including phenoxy) is 3. The highest BCUT2D eigenvalue weighted by Crippen LogP contribution is 2.33. The quantitative estimate of drug-likeness (QED) is 0.703. The van der Waals surface area contributed by atoms with Crippen LogP contribution >= 0.6 is 0 Å². The van der Waals surface area contributed by atoms with Crippen LogP contribution in [-0.2, 0) is 11.3 Å². The van der Waals surface area contributed by atoms with Crippen molar-refractivity contribution in [2.75, 3.05) is 20.8 Å². The van der Waals surface area contributed by atoms with E-state index in [9.17, 15) is 18.4 Å². The molecule has 7 nitrogen and oxygen atoms in total. The molecule has 0 saturated carbocycles. The Hall–Kier alpha value is -3.36. The maximum Gasteiger partial charge on any atom is 0.387 e. The molecular weight excluding hydrogens is 376 g/mol. The highest BCUT2D eigenvalue weighted by atomic mass is 19.3. The summed E-state index contributed by atoms with van der Waals surface area (Å²) in [5, 5.41) is 8.60. The number of halogens is 2. The first-order valence-corrected chi connectivity index (χ1v) is 8.12. The lowest BCUT2D eigenvalue weighted by atomic mass is 10.1. The van der Waals surface area contributed by atoms with Crippen LogP contribution in [0.3, 0.4) is 0 Å². The van der Waals surface area contributed by atoms with Crippen LogP contribution in [-0.4, -0.2) is 49.3 Å². The van der Waals surface area contributed by atoms with E-state index in [1.165, 1.54) is 37.3 Å². The van der Waals surface area contributed by atoms with Crippen molar-refractivity contribution in [1.29, 1.82) is 0 Å². The number of amides is 1. The number of aliphatic carboxylic acids is 1. The molecule has 0 aliphatic carbocycles. The molecule has 0 atom stereocenters. The number of carbonyl (C=O) groups excluding carboxylic acids is 1. The van der Waals surface area contributed by atoms with Gasteiger partial charge in [0.1, 0.15) is 5.75 Å². The Labute approximate surface area is 160 Å². The maximum absolute atomic E-state index is 12.7. The Morgan fingerprint density at radius 1 is 1.14 bits per heavy atom. The molecule has 0 heterocycles. The van der Waals surface area contributed by atoms with Gasteiger partial charge in [-0.15, -0.1) is 0 Å². The van der Waals surface area contributed by atoms with Gasteiger partial charge in [-0.05, 0) is 29.8 Å². The summed E-state index contributed by atoms with van der Waals surface area (Å²) in [5.41, 5.74) is 0.682. The summed E-state index contributed by atoms with van der Waals surface area (Å²) in [6.45, 7) is -3.38. The Bertz CT molecular complexity index is 826. The average molecular weight is 395 g/mol. The summed E-state index contributed by atoms with van der Waals surface area (Å²) in [7, 11) is 2.81. The van der Waals surface area contributed by atoms with Gasteiger partial charge in [0.2, 0.25) is 0 Å². The first-order valence-electron chi connectivity index (χ1n) is 8.12. The highest BCUT2D eigenvalue weighted by Gasteiger charge is 2.22. The predicted octanol–water partition coefficient (Wildman–Crippen LogP) is 3.03. The molecule has 28 heavy (non-hydrogen) atoms. The van der Waals surface area contributed by atoms with Crippen molar-refractivity contribution in [2.45, 2.75) is 13.2 Å². The van der Waals surface area contributed by atoms with Crippen LogP contribution in [0.25, 0.3) is 0 Å². The standard InChI is InChI=1S/C19H19F2NO6/c1-22(10-12-6-8-13(9-7-12)27-11-16(23)24)18(25)14-4-3-5-15(26-2)17(14)28-19(20)21/h3-9,19H,10-11H2,1-2H3,(H,23,24). The van der Waals surface area contributed by atoms with Gasteiger partial charge in [0.25, 0.3) is 5.91 Å². The van der Waals surface area contributed by atoms with E-state index in [0.29, 0.717) is 5.75 Å². The summed E-state index contributed by atoms with van der Waals surface area (Å²) in [5.74, 6) is -1.54. The number of methoxy groups -OCH3 is 1. The van der Waals surface area contributed by atoms with E-state index in [1.54, 1.807) is 24.3 Å². The predicted molar refractivity (Wildman–Crippen MR) is 95.0 cm³/mol. The molecular formula is C19H19F2NO6. The topological polar surface area (TPSA) is 85.3 Å². The Morgan fingerprint density at radius 2 is 1.82 bits per heavy atom. The Balaban J connectivity index is 2.13. The third-order valence-electron chi connectivity index (χ3n) is 3.69. The third kappa shape index (κ3) is 5.57. The van der Waals surface area contributed by atoms with Gasteiger partial charge < -0.3 is 24.2 Å². The number of benzene rings is 2. The van der Waals surface area contributed by atoms with E-state index in [1.807, 2.05) is 0 Å². The molecule has 150 valence electrons. The first kappa shape index (κ1) is 20.9. The first-order chi connectivity index (χ1) is 13.3. The molecule has 9 heteroatoms. The van der Waals surface area contributed by atoms with Crippen LogP contribution in [0.15, 0.2) is 42.5 Å². The molecule has 0 fully saturated rings. The number of alkyl halides is 2. The van der Waals surface area contributed by atoms with Crippen LogP contribution in [0.2, 0.25) is 0 Å². The zero-order valence-electron chi connectivity index (χ0n) is 15.2. The fraction of sp³-hybridized carbons (Fsp3) is 0.263. The van der Waals surface area contributed by atoms with Crippen LogP contribution < -0.4 is 14.2 Å². The van der Waals surface area contributed by atoms with Crippen molar-refractivity contribution < 1.29 is 37.7 Å². The van der Waals surface area contributed by atoms with E-state index in [-0.39, 0.29) is 23.6 Å². The van der Waals surface area contributed by atoms with Crippen molar-refractivity contribution >= 4 is 11.9 Å². The number of hydrogen-bond donors (Lipinski definition) is 1. The van der Waals surface area contributed by atoms with Crippen molar-refractivity contribution in [2.24, 2.45) is 0 Å². The minimum absolute atomic E-state index is 0.0273. The van der Waals surface area contributed by atoms with Crippen LogP contribution in [0.1, 0.15) is 15.9 Å². The number of carboxylic acid groups (broad SMARTS) is 1. The van der Waals surface area contributed by atoms with Gasteiger partial charge in [-0.3, -0.25) is 4.79 Å². The summed E-state index contributed by atoms with van der Waals surface area (Å²) in [6.07, 6.45) is 0. The molecule has 0 unspecified atom stereocenters. The molecule has 0 aromatic heterocycles. The second kappa shape index (κ2) is 9.54. The van der Waals surface area contributed by atoms with E-state index < -0.39 is 25.1 Å².